The number of nitrogens with one attached hydrogen (secondary N) is 1. The maximum Gasteiger partial charge on any atom is 0.327 e. The Balaban J connectivity index is 2.23. The molecular weight excluding hydrogens is 268 g/mol. The van der Waals surface area contributed by atoms with Crippen LogP contribution in [0.15, 0.2) is 12.1 Å². The van der Waals surface area contributed by atoms with Gasteiger partial charge in [0.05, 0.1) is 4.92 Å². The summed E-state index contributed by atoms with van der Waals surface area (Å²) in [7, 11) is 2.01. The average molecular weight is 285 g/mol. The molecule has 2 rings (SSSR count). The Morgan fingerprint density at radius 3 is 2.75 bits per heavy atom. The van der Waals surface area contributed by atoms with Crippen LogP contribution >= 0.6 is 0 Å². The second kappa shape index (κ2) is 5.70. The van der Waals surface area contributed by atoms with Gasteiger partial charge in [-0.1, -0.05) is 0 Å². The van der Waals surface area contributed by atoms with Crippen molar-refractivity contribution in [2.24, 2.45) is 0 Å². The summed E-state index contributed by atoms with van der Waals surface area (Å²) in [5.41, 5.74) is -0.785. The van der Waals surface area contributed by atoms with Gasteiger partial charge in [-0.2, -0.15) is 4.39 Å². The van der Waals surface area contributed by atoms with Gasteiger partial charge in [0.15, 0.2) is 0 Å². The molecule has 20 heavy (non-hydrogen) atoms. The lowest BCUT2D eigenvalue weighted by Crippen LogP contribution is -2.42. The van der Waals surface area contributed by atoms with Crippen molar-refractivity contribution in [3.8, 4) is 0 Å². The van der Waals surface area contributed by atoms with Crippen molar-refractivity contribution in [2.75, 3.05) is 18.9 Å². The molecule has 0 radical (unpaired) electrons. The molecule has 0 aromatic heterocycles. The van der Waals surface area contributed by atoms with Crippen LogP contribution in [0.1, 0.15) is 19.8 Å². The van der Waals surface area contributed by atoms with Gasteiger partial charge < -0.3 is 10.2 Å². The maximum atomic E-state index is 13.5. The fourth-order valence-corrected chi connectivity index (χ4v) is 2.50. The molecule has 1 aliphatic heterocycles. The third kappa shape index (κ3) is 3.04. The van der Waals surface area contributed by atoms with E-state index in [4.69, 9.17) is 0 Å². The molecule has 1 saturated heterocycles. The van der Waals surface area contributed by atoms with Gasteiger partial charge in [-0.05, 0) is 26.8 Å². The van der Waals surface area contributed by atoms with E-state index in [0.29, 0.717) is 12.1 Å². The molecule has 0 amide bonds. The van der Waals surface area contributed by atoms with Crippen LogP contribution in [0.2, 0.25) is 0 Å². The molecular formula is C13H17F2N3O2. The van der Waals surface area contributed by atoms with Crippen LogP contribution in [0.25, 0.3) is 0 Å². The summed E-state index contributed by atoms with van der Waals surface area (Å²) in [6.45, 7) is 2.89. The zero-order valence-corrected chi connectivity index (χ0v) is 11.4. The van der Waals surface area contributed by atoms with Crippen molar-refractivity contribution in [1.29, 1.82) is 0 Å². The van der Waals surface area contributed by atoms with E-state index in [0.717, 1.165) is 25.5 Å². The zero-order chi connectivity index (χ0) is 14.9. The van der Waals surface area contributed by atoms with Crippen LogP contribution < -0.4 is 5.32 Å². The highest BCUT2D eigenvalue weighted by Gasteiger charge is 2.27. The van der Waals surface area contributed by atoms with Gasteiger partial charge in [-0.25, -0.2) is 4.39 Å². The first-order valence-electron chi connectivity index (χ1n) is 6.48. The van der Waals surface area contributed by atoms with Crippen molar-refractivity contribution >= 4 is 11.4 Å². The second-order valence-corrected chi connectivity index (χ2v) is 5.24. The van der Waals surface area contributed by atoms with Crippen molar-refractivity contribution < 1.29 is 13.7 Å². The van der Waals surface area contributed by atoms with E-state index >= 15 is 0 Å². The fraction of sp³-hybridized carbons (Fsp3) is 0.538. The highest BCUT2D eigenvalue weighted by Crippen LogP contribution is 2.31. The Morgan fingerprint density at radius 2 is 2.15 bits per heavy atom. The third-order valence-electron chi connectivity index (χ3n) is 3.78. The van der Waals surface area contributed by atoms with Gasteiger partial charge in [0, 0.05) is 30.8 Å². The lowest BCUT2D eigenvalue weighted by Gasteiger charge is -2.35. The number of halogens is 2. The summed E-state index contributed by atoms with van der Waals surface area (Å²) in [5.74, 6) is -1.98. The van der Waals surface area contributed by atoms with E-state index in [1.165, 1.54) is 0 Å². The minimum Gasteiger partial charge on any atom is -0.376 e. The Kier molecular flexibility index (Phi) is 4.17. The molecule has 7 heteroatoms. The van der Waals surface area contributed by atoms with Gasteiger partial charge in [0.25, 0.3) is 0 Å². The number of likely N-dealkylation sites (tertiary alicyclic amines) is 1. The lowest BCUT2D eigenvalue weighted by molar-refractivity contribution is -0.386. The van der Waals surface area contributed by atoms with E-state index in [9.17, 15) is 18.9 Å². The van der Waals surface area contributed by atoms with E-state index in [-0.39, 0.29) is 11.7 Å². The summed E-state index contributed by atoms with van der Waals surface area (Å²) in [5, 5.41) is 13.8. The van der Waals surface area contributed by atoms with Crippen LogP contribution in [0.3, 0.4) is 0 Å². The summed E-state index contributed by atoms with van der Waals surface area (Å²) < 4.78 is 26.8. The van der Waals surface area contributed by atoms with Gasteiger partial charge in [0.2, 0.25) is 5.82 Å². The number of anilines is 1. The zero-order valence-electron chi connectivity index (χ0n) is 11.4. The van der Waals surface area contributed by atoms with Crippen molar-refractivity contribution in [3.63, 3.8) is 0 Å². The normalized spacial score (nSPS) is 23.6. The number of rotatable bonds is 3. The van der Waals surface area contributed by atoms with Gasteiger partial charge in [-0.15, -0.1) is 0 Å². The van der Waals surface area contributed by atoms with Gasteiger partial charge in [-0.3, -0.25) is 10.1 Å². The summed E-state index contributed by atoms with van der Waals surface area (Å²) >= 11 is 0. The van der Waals surface area contributed by atoms with E-state index in [1.807, 2.05) is 7.05 Å². The number of hydrogen-bond donors (Lipinski definition) is 1. The highest BCUT2D eigenvalue weighted by molar-refractivity contribution is 5.62. The molecule has 1 fully saturated rings. The van der Waals surface area contributed by atoms with Crippen LogP contribution in [0.4, 0.5) is 20.2 Å². The molecule has 0 bridgehead atoms. The number of hydrogen-bond acceptors (Lipinski definition) is 4. The van der Waals surface area contributed by atoms with Crippen molar-refractivity contribution in [1.82, 2.24) is 4.90 Å². The molecule has 1 aromatic carbocycles. The monoisotopic (exact) mass is 285 g/mol. The molecule has 1 heterocycles. The minimum absolute atomic E-state index is 0.0268. The molecule has 110 valence electrons. The Morgan fingerprint density at radius 1 is 1.45 bits per heavy atom. The Labute approximate surface area is 115 Å². The van der Waals surface area contributed by atoms with E-state index < -0.39 is 22.2 Å². The second-order valence-electron chi connectivity index (χ2n) is 5.24. The molecule has 0 saturated carbocycles. The van der Waals surface area contributed by atoms with E-state index in [1.54, 1.807) is 0 Å². The van der Waals surface area contributed by atoms with Crippen LogP contribution in [0, 0.1) is 21.7 Å². The number of piperidine rings is 1. The third-order valence-corrected chi connectivity index (χ3v) is 3.78. The van der Waals surface area contributed by atoms with Crippen molar-refractivity contribution in [3.05, 3.63) is 33.9 Å². The molecule has 2 atom stereocenters. The average Bonchev–Trinajstić information content (AvgIpc) is 2.32. The standard InChI is InChI=1S/C13H17F2N3O2/c1-8-5-10(3-4-17(8)2)16-12-7-9(14)6-11(15)13(12)18(19)20/h6-8,10,16H,3-5H2,1-2H3. The molecule has 1 N–H and O–H groups in total. The molecule has 0 spiro atoms. The SMILES string of the molecule is CC1CC(Nc2cc(F)cc(F)c2[N+](=O)[O-])CCN1C. The van der Waals surface area contributed by atoms with Crippen molar-refractivity contribution in [2.45, 2.75) is 31.8 Å². The smallest absolute Gasteiger partial charge is 0.327 e. The number of benzene rings is 1. The highest BCUT2D eigenvalue weighted by atomic mass is 19.1. The quantitative estimate of drug-likeness (QED) is 0.685. The number of nitro groups is 1. The molecule has 1 aliphatic rings. The fourth-order valence-electron chi connectivity index (χ4n) is 2.50. The largest absolute Gasteiger partial charge is 0.376 e. The molecule has 0 aliphatic carbocycles. The molecule has 1 aromatic rings. The van der Waals surface area contributed by atoms with Crippen LogP contribution in [-0.2, 0) is 0 Å². The number of nitrogens with zero attached hydrogens (tertiary/aromatic N) is 2. The van der Waals surface area contributed by atoms with Gasteiger partial charge in [0.1, 0.15) is 11.5 Å². The lowest BCUT2D eigenvalue weighted by atomic mass is 9.98. The summed E-state index contributed by atoms with van der Waals surface area (Å²) in [4.78, 5) is 12.3. The van der Waals surface area contributed by atoms with E-state index in [2.05, 4.69) is 17.1 Å². The van der Waals surface area contributed by atoms with Crippen LogP contribution in [-0.4, -0.2) is 35.5 Å². The Bertz CT molecular complexity index is 525. The summed E-state index contributed by atoms with van der Waals surface area (Å²) in [6, 6.07) is 1.80. The number of nitro benzene ring substituents is 1. The predicted molar refractivity (Wildman–Crippen MR) is 71.7 cm³/mol. The maximum absolute atomic E-state index is 13.5. The molecule has 5 nitrogen and oxygen atoms in total. The van der Waals surface area contributed by atoms with Gasteiger partial charge >= 0.3 is 5.69 Å². The Hall–Kier alpha value is -1.76. The minimum atomic E-state index is -1.15. The first-order valence-corrected chi connectivity index (χ1v) is 6.48. The summed E-state index contributed by atoms with van der Waals surface area (Å²) in [6.07, 6.45) is 1.54. The predicted octanol–water partition coefficient (Wildman–Crippen LogP) is 2.77. The topological polar surface area (TPSA) is 58.4 Å². The first-order chi connectivity index (χ1) is 9.38. The molecule has 2 unspecified atom stereocenters. The van der Waals surface area contributed by atoms with Crippen LogP contribution in [0.5, 0.6) is 0 Å². The first kappa shape index (κ1) is 14.6.